The molecule has 0 radical (unpaired) electrons. The fourth-order valence-corrected chi connectivity index (χ4v) is 2.33. The number of hydrogen-bond donors (Lipinski definition) is 2. The van der Waals surface area contributed by atoms with Gasteiger partial charge in [-0.25, -0.2) is 0 Å². The van der Waals surface area contributed by atoms with Crippen LogP contribution in [0.5, 0.6) is 5.75 Å². The number of nitrogens with two attached hydrogens (primary N) is 1. The molecular formula is C15H23N3O4. The van der Waals surface area contributed by atoms with Crippen LogP contribution in [0.15, 0.2) is 18.2 Å². The quantitative estimate of drug-likeness (QED) is 0.564. The van der Waals surface area contributed by atoms with Gasteiger partial charge in [-0.2, -0.15) is 0 Å². The molecule has 1 aromatic carbocycles. The van der Waals surface area contributed by atoms with Crippen molar-refractivity contribution in [3.8, 4) is 5.75 Å². The zero-order valence-corrected chi connectivity index (χ0v) is 13.2. The van der Waals surface area contributed by atoms with Gasteiger partial charge in [-0.1, -0.05) is 13.8 Å². The highest BCUT2D eigenvalue weighted by Gasteiger charge is 2.33. The number of nitro benzene ring substituents is 1. The van der Waals surface area contributed by atoms with E-state index >= 15 is 0 Å². The molecule has 0 saturated heterocycles. The maximum atomic E-state index is 12.4. The summed E-state index contributed by atoms with van der Waals surface area (Å²) in [7, 11) is 1.48. The molecule has 0 aromatic heterocycles. The second-order valence-corrected chi connectivity index (χ2v) is 5.13. The van der Waals surface area contributed by atoms with Crippen molar-refractivity contribution in [1.82, 2.24) is 5.32 Å². The fourth-order valence-electron chi connectivity index (χ4n) is 2.33. The first kappa shape index (κ1) is 17.9. The monoisotopic (exact) mass is 309 g/mol. The summed E-state index contributed by atoms with van der Waals surface area (Å²) >= 11 is 0. The van der Waals surface area contributed by atoms with Crippen LogP contribution in [0.25, 0.3) is 0 Å². The lowest BCUT2D eigenvalue weighted by atomic mass is 9.81. The number of non-ortho nitro benzene ring substituents is 1. The number of methoxy groups -OCH3 is 1. The van der Waals surface area contributed by atoms with E-state index in [2.05, 4.69) is 5.32 Å². The number of benzene rings is 1. The van der Waals surface area contributed by atoms with E-state index in [1.807, 2.05) is 13.8 Å². The van der Waals surface area contributed by atoms with E-state index in [9.17, 15) is 14.9 Å². The molecule has 0 unspecified atom stereocenters. The minimum Gasteiger partial charge on any atom is -0.496 e. The molecule has 7 nitrogen and oxygen atoms in total. The molecule has 22 heavy (non-hydrogen) atoms. The molecule has 0 saturated carbocycles. The summed E-state index contributed by atoms with van der Waals surface area (Å²) in [6.07, 6.45) is 1.27. The summed E-state index contributed by atoms with van der Waals surface area (Å²) < 4.78 is 5.18. The number of carbonyl (C=O) groups excluding carboxylic acids is 1. The van der Waals surface area contributed by atoms with Crippen LogP contribution in [-0.2, 0) is 11.3 Å². The number of hydrogen-bond acceptors (Lipinski definition) is 5. The molecular weight excluding hydrogens is 286 g/mol. The van der Waals surface area contributed by atoms with Gasteiger partial charge in [0, 0.05) is 30.8 Å². The van der Waals surface area contributed by atoms with Crippen molar-refractivity contribution in [2.45, 2.75) is 33.2 Å². The number of nitrogens with zero attached hydrogens (tertiary/aromatic N) is 1. The summed E-state index contributed by atoms with van der Waals surface area (Å²) in [6.45, 7) is 4.26. The highest BCUT2D eigenvalue weighted by Crippen LogP contribution is 2.27. The predicted molar refractivity (Wildman–Crippen MR) is 83.6 cm³/mol. The van der Waals surface area contributed by atoms with Crippen molar-refractivity contribution in [2.75, 3.05) is 13.7 Å². The van der Waals surface area contributed by atoms with Crippen molar-refractivity contribution < 1.29 is 14.5 Å². The molecule has 122 valence electrons. The van der Waals surface area contributed by atoms with Crippen LogP contribution in [0.4, 0.5) is 5.69 Å². The molecule has 0 bridgehead atoms. The van der Waals surface area contributed by atoms with Crippen LogP contribution in [-0.4, -0.2) is 24.5 Å². The summed E-state index contributed by atoms with van der Waals surface area (Å²) in [5, 5.41) is 13.7. The fraction of sp³-hybridized carbons (Fsp3) is 0.533. The Hall–Kier alpha value is -2.15. The summed E-state index contributed by atoms with van der Waals surface area (Å²) in [6, 6.07) is 4.29. The van der Waals surface area contributed by atoms with Gasteiger partial charge in [0.25, 0.3) is 5.69 Å². The van der Waals surface area contributed by atoms with Gasteiger partial charge in [-0.05, 0) is 18.9 Å². The van der Waals surface area contributed by atoms with E-state index in [1.165, 1.54) is 25.3 Å². The summed E-state index contributed by atoms with van der Waals surface area (Å²) in [5.74, 6) is 0.353. The molecule has 0 fully saturated rings. The molecule has 7 heteroatoms. The first-order valence-electron chi connectivity index (χ1n) is 7.23. The maximum Gasteiger partial charge on any atom is 0.270 e. The number of nitro groups is 1. The van der Waals surface area contributed by atoms with Crippen LogP contribution >= 0.6 is 0 Å². The molecule has 0 aliphatic carbocycles. The molecule has 3 N–H and O–H groups in total. The van der Waals surface area contributed by atoms with Gasteiger partial charge in [0.2, 0.25) is 5.91 Å². The standard InChI is InChI=1S/C15H23N3O4/c1-4-15(5-2,10-16)14(19)17-9-11-8-12(18(20)21)6-7-13(11)22-3/h6-8H,4-5,9-10,16H2,1-3H3,(H,17,19). The first-order valence-corrected chi connectivity index (χ1v) is 7.23. The lowest BCUT2D eigenvalue weighted by Gasteiger charge is -2.28. The zero-order chi connectivity index (χ0) is 16.8. The van der Waals surface area contributed by atoms with Crippen LogP contribution in [0.1, 0.15) is 32.3 Å². The Morgan fingerprint density at radius 2 is 2.05 bits per heavy atom. The zero-order valence-electron chi connectivity index (χ0n) is 13.2. The minimum absolute atomic E-state index is 0.0406. The Labute approximate surface area is 130 Å². The maximum absolute atomic E-state index is 12.4. The molecule has 0 atom stereocenters. The lowest BCUT2D eigenvalue weighted by Crippen LogP contribution is -2.45. The SMILES string of the molecule is CCC(CC)(CN)C(=O)NCc1cc([N+](=O)[O-])ccc1OC. The Balaban J connectivity index is 2.93. The third-order valence-corrected chi connectivity index (χ3v) is 4.14. The van der Waals surface area contributed by atoms with Gasteiger partial charge in [0.05, 0.1) is 17.4 Å². The van der Waals surface area contributed by atoms with E-state index < -0.39 is 10.3 Å². The Kier molecular flexibility index (Phi) is 6.30. The molecule has 0 spiro atoms. The van der Waals surface area contributed by atoms with Gasteiger partial charge in [-0.3, -0.25) is 14.9 Å². The van der Waals surface area contributed by atoms with Crippen LogP contribution in [0, 0.1) is 15.5 Å². The van der Waals surface area contributed by atoms with Crippen molar-refractivity contribution in [3.05, 3.63) is 33.9 Å². The number of carbonyl (C=O) groups is 1. The van der Waals surface area contributed by atoms with E-state index in [0.29, 0.717) is 24.2 Å². The molecule has 0 aliphatic rings. The molecule has 1 rings (SSSR count). The number of ether oxygens (including phenoxy) is 1. The number of rotatable bonds is 8. The van der Waals surface area contributed by atoms with Gasteiger partial charge in [0.15, 0.2) is 0 Å². The molecule has 1 aromatic rings. The summed E-state index contributed by atoms with van der Waals surface area (Å²) in [4.78, 5) is 22.8. The number of amides is 1. The van der Waals surface area contributed by atoms with Crippen molar-refractivity contribution in [1.29, 1.82) is 0 Å². The van der Waals surface area contributed by atoms with E-state index in [1.54, 1.807) is 0 Å². The minimum atomic E-state index is -0.603. The second kappa shape index (κ2) is 7.74. The van der Waals surface area contributed by atoms with Gasteiger partial charge in [0.1, 0.15) is 5.75 Å². The van der Waals surface area contributed by atoms with Crippen LogP contribution in [0.3, 0.4) is 0 Å². The van der Waals surface area contributed by atoms with Gasteiger partial charge >= 0.3 is 0 Å². The van der Waals surface area contributed by atoms with Crippen molar-refractivity contribution in [3.63, 3.8) is 0 Å². The smallest absolute Gasteiger partial charge is 0.270 e. The second-order valence-electron chi connectivity index (χ2n) is 5.13. The average Bonchev–Trinajstić information content (AvgIpc) is 2.54. The van der Waals surface area contributed by atoms with E-state index in [4.69, 9.17) is 10.5 Å². The largest absolute Gasteiger partial charge is 0.496 e. The topological polar surface area (TPSA) is 107 Å². The van der Waals surface area contributed by atoms with Crippen molar-refractivity contribution >= 4 is 11.6 Å². The molecule has 0 aliphatic heterocycles. The molecule has 0 heterocycles. The number of nitrogens with one attached hydrogen (secondary N) is 1. The third kappa shape index (κ3) is 3.73. The molecule has 1 amide bonds. The van der Waals surface area contributed by atoms with Gasteiger partial charge < -0.3 is 15.8 Å². The Bertz CT molecular complexity index is 533. The Morgan fingerprint density at radius 1 is 1.41 bits per heavy atom. The average molecular weight is 309 g/mol. The Morgan fingerprint density at radius 3 is 2.50 bits per heavy atom. The van der Waals surface area contributed by atoms with E-state index in [-0.39, 0.29) is 24.7 Å². The van der Waals surface area contributed by atoms with Crippen molar-refractivity contribution in [2.24, 2.45) is 11.1 Å². The van der Waals surface area contributed by atoms with E-state index in [0.717, 1.165) is 0 Å². The predicted octanol–water partition coefficient (Wildman–Crippen LogP) is 1.98. The summed E-state index contributed by atoms with van der Waals surface area (Å²) in [5.41, 5.74) is 5.66. The van der Waals surface area contributed by atoms with Gasteiger partial charge in [-0.15, -0.1) is 0 Å². The highest BCUT2D eigenvalue weighted by molar-refractivity contribution is 5.82. The first-order chi connectivity index (χ1) is 10.4. The third-order valence-electron chi connectivity index (χ3n) is 4.14. The van der Waals surface area contributed by atoms with Crippen LogP contribution < -0.4 is 15.8 Å². The highest BCUT2D eigenvalue weighted by atomic mass is 16.6. The lowest BCUT2D eigenvalue weighted by molar-refractivity contribution is -0.384. The normalized spacial score (nSPS) is 11.1. The van der Waals surface area contributed by atoms with Crippen LogP contribution in [0.2, 0.25) is 0 Å².